The molecule has 2 aromatic rings. The van der Waals surface area contributed by atoms with Crippen LogP contribution in [0.3, 0.4) is 0 Å². The molecule has 0 unspecified atom stereocenters. The summed E-state index contributed by atoms with van der Waals surface area (Å²) in [7, 11) is 0. The second kappa shape index (κ2) is 8.04. The van der Waals surface area contributed by atoms with Crippen molar-refractivity contribution in [2.45, 2.75) is 45.6 Å². The Morgan fingerprint density at radius 1 is 1.25 bits per heavy atom. The van der Waals surface area contributed by atoms with E-state index in [1.807, 2.05) is 4.90 Å². The highest BCUT2D eigenvalue weighted by Gasteiger charge is 2.22. The van der Waals surface area contributed by atoms with Gasteiger partial charge in [0.25, 0.3) is 0 Å². The van der Waals surface area contributed by atoms with Crippen LogP contribution < -0.4 is 0 Å². The second-order valence-corrected chi connectivity index (χ2v) is 6.61. The van der Waals surface area contributed by atoms with Gasteiger partial charge in [0.2, 0.25) is 5.91 Å². The number of piperidine rings is 1. The van der Waals surface area contributed by atoms with E-state index in [-0.39, 0.29) is 5.91 Å². The van der Waals surface area contributed by atoms with Crippen LogP contribution in [0.15, 0.2) is 30.6 Å². The number of hydrogen-bond acceptors (Lipinski definition) is 4. The maximum Gasteiger partial charge on any atom is 0.224 e. The van der Waals surface area contributed by atoms with E-state index in [2.05, 4.69) is 46.7 Å². The predicted octanol–water partition coefficient (Wildman–Crippen LogP) is 2.24. The summed E-state index contributed by atoms with van der Waals surface area (Å²) in [5.74, 6) is 0.941. The maximum atomic E-state index is 12.3. The van der Waals surface area contributed by atoms with Crippen LogP contribution in [0, 0.1) is 12.8 Å². The van der Waals surface area contributed by atoms with E-state index in [9.17, 15) is 4.79 Å². The highest BCUT2D eigenvalue weighted by molar-refractivity contribution is 5.76. The van der Waals surface area contributed by atoms with Crippen molar-refractivity contribution < 1.29 is 4.79 Å². The smallest absolute Gasteiger partial charge is 0.224 e. The highest BCUT2D eigenvalue weighted by atomic mass is 16.2. The average molecular weight is 327 g/mol. The first-order chi connectivity index (χ1) is 11.7. The van der Waals surface area contributed by atoms with Gasteiger partial charge in [-0.2, -0.15) is 0 Å². The van der Waals surface area contributed by atoms with Gasteiger partial charge in [-0.3, -0.25) is 4.79 Å². The van der Waals surface area contributed by atoms with Crippen molar-refractivity contribution in [3.8, 4) is 0 Å². The predicted molar refractivity (Wildman–Crippen MR) is 91.2 cm³/mol. The summed E-state index contributed by atoms with van der Waals surface area (Å²) in [6, 6.07) is 8.63. The largest absolute Gasteiger partial charge is 0.343 e. The lowest BCUT2D eigenvalue weighted by Gasteiger charge is -2.32. The van der Waals surface area contributed by atoms with Crippen LogP contribution in [0.2, 0.25) is 0 Å². The van der Waals surface area contributed by atoms with E-state index in [0.717, 1.165) is 38.3 Å². The molecule has 1 aromatic carbocycles. The SMILES string of the molecule is Cc1ccccc1CCC1CCN(C(=O)CCn2cnnn2)CC1. The highest BCUT2D eigenvalue weighted by Crippen LogP contribution is 2.23. The fraction of sp³-hybridized carbons (Fsp3) is 0.556. The van der Waals surface area contributed by atoms with E-state index in [1.54, 1.807) is 11.0 Å². The Kier molecular flexibility index (Phi) is 5.56. The summed E-state index contributed by atoms with van der Waals surface area (Å²) in [6.07, 6.45) is 6.61. The van der Waals surface area contributed by atoms with Crippen LogP contribution >= 0.6 is 0 Å². The van der Waals surface area contributed by atoms with Gasteiger partial charge in [-0.1, -0.05) is 24.3 Å². The maximum absolute atomic E-state index is 12.3. The van der Waals surface area contributed by atoms with Crippen molar-refractivity contribution in [2.75, 3.05) is 13.1 Å². The van der Waals surface area contributed by atoms with Gasteiger partial charge in [0.1, 0.15) is 6.33 Å². The Hall–Kier alpha value is -2.24. The van der Waals surface area contributed by atoms with Crippen molar-refractivity contribution in [1.29, 1.82) is 0 Å². The van der Waals surface area contributed by atoms with Crippen LogP contribution in [0.5, 0.6) is 0 Å². The molecule has 0 aliphatic carbocycles. The Morgan fingerprint density at radius 3 is 2.75 bits per heavy atom. The van der Waals surface area contributed by atoms with Gasteiger partial charge in [-0.15, -0.1) is 5.10 Å². The monoisotopic (exact) mass is 327 g/mol. The molecule has 2 heterocycles. The molecule has 0 radical (unpaired) electrons. The first-order valence-corrected chi connectivity index (χ1v) is 8.75. The number of carbonyl (C=O) groups excluding carboxylic acids is 1. The number of aromatic nitrogens is 4. The van der Waals surface area contributed by atoms with Crippen molar-refractivity contribution in [2.24, 2.45) is 5.92 Å². The first kappa shape index (κ1) is 16.6. The molecule has 6 nitrogen and oxygen atoms in total. The number of amides is 1. The minimum absolute atomic E-state index is 0.211. The lowest BCUT2D eigenvalue weighted by molar-refractivity contribution is -0.132. The van der Waals surface area contributed by atoms with Gasteiger partial charge in [0, 0.05) is 19.5 Å². The Balaban J connectivity index is 1.39. The van der Waals surface area contributed by atoms with Crippen molar-refractivity contribution in [3.05, 3.63) is 41.7 Å². The van der Waals surface area contributed by atoms with Gasteiger partial charge in [-0.05, 0) is 60.1 Å². The molecule has 128 valence electrons. The normalized spacial score (nSPS) is 15.6. The molecule has 24 heavy (non-hydrogen) atoms. The number of likely N-dealkylation sites (tertiary alicyclic amines) is 1. The minimum Gasteiger partial charge on any atom is -0.343 e. The van der Waals surface area contributed by atoms with Crippen LogP contribution in [0.1, 0.15) is 36.8 Å². The number of carbonyl (C=O) groups is 1. The molecule has 6 heteroatoms. The van der Waals surface area contributed by atoms with Gasteiger partial charge in [0.15, 0.2) is 0 Å². The quantitative estimate of drug-likeness (QED) is 0.816. The third kappa shape index (κ3) is 4.40. The van der Waals surface area contributed by atoms with E-state index in [4.69, 9.17) is 0 Å². The van der Waals surface area contributed by atoms with Gasteiger partial charge in [-0.25, -0.2) is 4.68 Å². The summed E-state index contributed by atoms with van der Waals surface area (Å²) in [5.41, 5.74) is 2.84. The Morgan fingerprint density at radius 2 is 2.04 bits per heavy atom. The number of tetrazole rings is 1. The molecule has 1 aromatic heterocycles. The number of nitrogens with zero attached hydrogens (tertiary/aromatic N) is 5. The zero-order chi connectivity index (χ0) is 16.8. The molecule has 0 saturated carbocycles. The molecule has 1 aliphatic heterocycles. The van der Waals surface area contributed by atoms with Crippen molar-refractivity contribution in [3.63, 3.8) is 0 Å². The van der Waals surface area contributed by atoms with Crippen molar-refractivity contribution in [1.82, 2.24) is 25.1 Å². The molecule has 1 fully saturated rings. The summed E-state index contributed by atoms with van der Waals surface area (Å²) in [6.45, 7) is 4.50. The minimum atomic E-state index is 0.211. The van der Waals surface area contributed by atoms with Crippen molar-refractivity contribution >= 4 is 5.91 Å². The van der Waals surface area contributed by atoms with Gasteiger partial charge >= 0.3 is 0 Å². The molecule has 0 atom stereocenters. The number of rotatable bonds is 6. The third-order valence-electron chi connectivity index (χ3n) is 5.00. The zero-order valence-corrected chi connectivity index (χ0v) is 14.3. The molecule has 0 N–H and O–H groups in total. The molecular formula is C18H25N5O. The van der Waals surface area contributed by atoms with Gasteiger partial charge in [0.05, 0.1) is 6.54 Å². The zero-order valence-electron chi connectivity index (χ0n) is 14.3. The van der Waals surface area contributed by atoms with E-state index < -0.39 is 0 Å². The van der Waals surface area contributed by atoms with E-state index in [1.165, 1.54) is 17.5 Å². The fourth-order valence-corrected chi connectivity index (χ4v) is 3.37. The molecular weight excluding hydrogens is 302 g/mol. The molecule has 3 rings (SSSR count). The standard InChI is InChI=1S/C18H25N5O/c1-15-4-2-3-5-17(15)7-6-16-8-11-22(12-9-16)18(24)10-13-23-14-19-20-21-23/h2-5,14,16H,6-13H2,1H3. The average Bonchev–Trinajstić information content (AvgIpc) is 3.13. The van der Waals surface area contributed by atoms with Gasteiger partial charge < -0.3 is 4.90 Å². The lowest BCUT2D eigenvalue weighted by Crippen LogP contribution is -2.38. The van der Waals surface area contributed by atoms with E-state index >= 15 is 0 Å². The lowest BCUT2D eigenvalue weighted by atomic mass is 9.89. The molecule has 1 aliphatic rings. The molecule has 1 saturated heterocycles. The molecule has 1 amide bonds. The molecule has 0 bridgehead atoms. The number of hydrogen-bond donors (Lipinski definition) is 0. The Bertz CT molecular complexity index is 647. The molecule has 0 spiro atoms. The van der Waals surface area contributed by atoms with Crippen LogP contribution in [-0.4, -0.2) is 44.1 Å². The summed E-state index contributed by atoms with van der Waals surface area (Å²) in [5, 5.41) is 11.0. The number of aryl methyl sites for hydroxylation is 3. The van der Waals surface area contributed by atoms with Crippen LogP contribution in [-0.2, 0) is 17.8 Å². The Labute approximate surface area is 142 Å². The third-order valence-corrected chi connectivity index (χ3v) is 5.00. The second-order valence-electron chi connectivity index (χ2n) is 6.61. The summed E-state index contributed by atoms with van der Waals surface area (Å²) >= 11 is 0. The fourth-order valence-electron chi connectivity index (χ4n) is 3.37. The number of benzene rings is 1. The summed E-state index contributed by atoms with van der Waals surface area (Å²) in [4.78, 5) is 14.3. The van der Waals surface area contributed by atoms with E-state index in [0.29, 0.717) is 13.0 Å². The van der Waals surface area contributed by atoms with Crippen LogP contribution in [0.4, 0.5) is 0 Å². The summed E-state index contributed by atoms with van der Waals surface area (Å²) < 4.78 is 1.60. The topological polar surface area (TPSA) is 63.9 Å². The first-order valence-electron chi connectivity index (χ1n) is 8.75. The van der Waals surface area contributed by atoms with Crippen LogP contribution in [0.25, 0.3) is 0 Å².